The number of ether oxygens (including phenoxy) is 1. The highest BCUT2D eigenvalue weighted by molar-refractivity contribution is 5.97. The molecule has 5 nitrogen and oxygen atoms in total. The summed E-state index contributed by atoms with van der Waals surface area (Å²) in [6.45, 7) is 1.50. The third-order valence-electron chi connectivity index (χ3n) is 2.17. The average Bonchev–Trinajstić information content (AvgIpc) is 2.28. The number of aromatic carboxylic acids is 1. The molecule has 0 bridgehead atoms. The molecule has 16 heavy (non-hydrogen) atoms. The number of nitrogens with zero attached hydrogens (tertiary/aromatic N) is 1. The van der Waals surface area contributed by atoms with Crippen LogP contribution in [0.2, 0.25) is 0 Å². The van der Waals surface area contributed by atoms with Gasteiger partial charge in [0.1, 0.15) is 0 Å². The van der Waals surface area contributed by atoms with Gasteiger partial charge in [0.25, 0.3) is 0 Å². The highest BCUT2D eigenvalue weighted by atomic mass is 16.5. The largest absolute Gasteiger partial charge is 0.478 e. The van der Waals surface area contributed by atoms with Gasteiger partial charge >= 0.3 is 11.9 Å². The molecule has 1 aromatic rings. The first-order valence-corrected chi connectivity index (χ1v) is 4.37. The van der Waals surface area contributed by atoms with Crippen LogP contribution in [-0.4, -0.2) is 24.2 Å². The summed E-state index contributed by atoms with van der Waals surface area (Å²) in [5.41, 5.74) is 0.431. The van der Waals surface area contributed by atoms with E-state index in [1.165, 1.54) is 26.2 Å². The van der Waals surface area contributed by atoms with E-state index >= 15 is 0 Å². The van der Waals surface area contributed by atoms with Gasteiger partial charge < -0.3 is 9.84 Å². The fourth-order valence-electron chi connectivity index (χ4n) is 1.32. The molecule has 5 heteroatoms. The van der Waals surface area contributed by atoms with Crippen molar-refractivity contribution in [2.24, 2.45) is 0 Å². The second-order valence-electron chi connectivity index (χ2n) is 3.10. The zero-order valence-corrected chi connectivity index (χ0v) is 8.77. The van der Waals surface area contributed by atoms with Gasteiger partial charge in [0, 0.05) is 0 Å². The molecule has 0 amide bonds. The van der Waals surface area contributed by atoms with Crippen molar-refractivity contribution in [3.8, 4) is 6.07 Å². The summed E-state index contributed by atoms with van der Waals surface area (Å²) in [4.78, 5) is 22.2. The van der Waals surface area contributed by atoms with Gasteiger partial charge in [-0.3, -0.25) is 0 Å². The van der Waals surface area contributed by atoms with E-state index in [0.717, 1.165) is 0 Å². The molecule has 82 valence electrons. The van der Waals surface area contributed by atoms with Crippen molar-refractivity contribution in [2.75, 3.05) is 7.11 Å². The van der Waals surface area contributed by atoms with Gasteiger partial charge in [-0.15, -0.1) is 0 Å². The number of hydrogen-bond acceptors (Lipinski definition) is 4. The molecule has 0 atom stereocenters. The second kappa shape index (κ2) is 4.45. The van der Waals surface area contributed by atoms with E-state index in [0.29, 0.717) is 5.56 Å². The van der Waals surface area contributed by atoms with Crippen LogP contribution in [0.5, 0.6) is 0 Å². The van der Waals surface area contributed by atoms with Crippen molar-refractivity contribution in [2.45, 2.75) is 6.92 Å². The van der Waals surface area contributed by atoms with Gasteiger partial charge in [0.15, 0.2) is 0 Å². The molecule has 0 aliphatic heterocycles. The minimum Gasteiger partial charge on any atom is -0.478 e. The van der Waals surface area contributed by atoms with Crippen LogP contribution in [0.1, 0.15) is 31.8 Å². The molecule has 0 heterocycles. The first-order chi connectivity index (χ1) is 7.51. The monoisotopic (exact) mass is 219 g/mol. The maximum absolute atomic E-state index is 11.4. The number of carbonyl (C=O) groups is 2. The SMILES string of the molecule is COC(=O)c1cc(C#N)cc(C(=O)O)c1C. The molecule has 0 spiro atoms. The number of esters is 1. The van der Waals surface area contributed by atoms with Gasteiger partial charge in [-0.05, 0) is 24.6 Å². The van der Waals surface area contributed by atoms with Crippen LogP contribution in [0.4, 0.5) is 0 Å². The van der Waals surface area contributed by atoms with Gasteiger partial charge in [-0.25, -0.2) is 9.59 Å². The molecular weight excluding hydrogens is 210 g/mol. The molecule has 0 fully saturated rings. The minimum atomic E-state index is -1.18. The summed E-state index contributed by atoms with van der Waals surface area (Å²) in [5, 5.41) is 17.6. The molecule has 1 N–H and O–H groups in total. The minimum absolute atomic E-state index is 0.0700. The van der Waals surface area contributed by atoms with Crippen molar-refractivity contribution in [3.05, 3.63) is 34.4 Å². The number of carboxylic acids is 1. The topological polar surface area (TPSA) is 87.4 Å². The Kier molecular flexibility index (Phi) is 3.26. The number of hydrogen-bond donors (Lipinski definition) is 1. The Morgan fingerprint density at radius 3 is 2.38 bits per heavy atom. The second-order valence-corrected chi connectivity index (χ2v) is 3.10. The predicted molar refractivity (Wildman–Crippen MR) is 54.2 cm³/mol. The Morgan fingerprint density at radius 1 is 1.38 bits per heavy atom. The Morgan fingerprint density at radius 2 is 1.94 bits per heavy atom. The van der Waals surface area contributed by atoms with Crippen LogP contribution in [0, 0.1) is 18.3 Å². The third kappa shape index (κ3) is 2.01. The normalized spacial score (nSPS) is 9.31. The van der Waals surface area contributed by atoms with E-state index in [2.05, 4.69) is 4.74 Å². The van der Waals surface area contributed by atoms with Crippen LogP contribution >= 0.6 is 0 Å². The average molecular weight is 219 g/mol. The Hall–Kier alpha value is -2.35. The van der Waals surface area contributed by atoms with Crippen molar-refractivity contribution >= 4 is 11.9 Å². The van der Waals surface area contributed by atoms with E-state index in [1.54, 1.807) is 6.07 Å². The summed E-state index contributed by atoms with van der Waals surface area (Å²) < 4.78 is 4.51. The highest BCUT2D eigenvalue weighted by Gasteiger charge is 2.17. The zero-order chi connectivity index (χ0) is 12.3. The Labute approximate surface area is 91.9 Å². The van der Waals surface area contributed by atoms with E-state index in [1.807, 2.05) is 0 Å². The third-order valence-corrected chi connectivity index (χ3v) is 2.17. The lowest BCUT2D eigenvalue weighted by atomic mass is 9.99. The molecule has 0 aliphatic rings. The number of carboxylic acid groups (broad SMARTS) is 1. The van der Waals surface area contributed by atoms with Crippen LogP contribution < -0.4 is 0 Å². The molecule has 0 aromatic heterocycles. The Balaban J connectivity index is 3.50. The van der Waals surface area contributed by atoms with Crippen molar-refractivity contribution < 1.29 is 19.4 Å². The first kappa shape index (κ1) is 11.7. The van der Waals surface area contributed by atoms with E-state index < -0.39 is 11.9 Å². The predicted octanol–water partition coefficient (Wildman–Crippen LogP) is 1.35. The fraction of sp³-hybridized carbons (Fsp3) is 0.182. The van der Waals surface area contributed by atoms with Gasteiger partial charge in [0.05, 0.1) is 29.9 Å². The van der Waals surface area contributed by atoms with Gasteiger partial charge in [-0.2, -0.15) is 5.26 Å². The highest BCUT2D eigenvalue weighted by Crippen LogP contribution is 2.17. The van der Waals surface area contributed by atoms with Crippen molar-refractivity contribution in [3.63, 3.8) is 0 Å². The van der Waals surface area contributed by atoms with Gasteiger partial charge in [-0.1, -0.05) is 0 Å². The lowest BCUT2D eigenvalue weighted by molar-refractivity contribution is 0.0600. The number of carbonyl (C=O) groups excluding carboxylic acids is 1. The molecule has 0 radical (unpaired) electrons. The lowest BCUT2D eigenvalue weighted by Gasteiger charge is -2.07. The zero-order valence-electron chi connectivity index (χ0n) is 8.77. The Bertz CT molecular complexity index is 499. The molecule has 1 aromatic carbocycles. The molecule has 1 rings (SSSR count). The molecular formula is C11H9NO4. The summed E-state index contributed by atoms with van der Waals surface area (Å²) >= 11 is 0. The molecule has 0 saturated heterocycles. The summed E-state index contributed by atoms with van der Waals surface area (Å²) in [6.07, 6.45) is 0. The van der Waals surface area contributed by atoms with Gasteiger partial charge in [0.2, 0.25) is 0 Å². The van der Waals surface area contributed by atoms with E-state index in [9.17, 15) is 9.59 Å². The van der Waals surface area contributed by atoms with Crippen molar-refractivity contribution in [1.82, 2.24) is 0 Å². The summed E-state index contributed by atoms with van der Waals surface area (Å²) in [6, 6.07) is 4.34. The van der Waals surface area contributed by atoms with Crippen molar-refractivity contribution in [1.29, 1.82) is 5.26 Å². The standard InChI is InChI=1S/C11H9NO4/c1-6-8(10(13)14)3-7(5-12)4-9(6)11(15)16-2/h3-4H,1-2H3,(H,13,14). The number of benzene rings is 1. The molecule has 0 unspecified atom stereocenters. The smallest absolute Gasteiger partial charge is 0.338 e. The molecule has 0 saturated carbocycles. The summed E-state index contributed by atoms with van der Waals surface area (Å²) in [7, 11) is 1.20. The van der Waals surface area contributed by atoms with Crippen LogP contribution in [0.15, 0.2) is 12.1 Å². The summed E-state index contributed by atoms with van der Waals surface area (Å²) in [5.74, 6) is -1.84. The van der Waals surface area contributed by atoms with Crippen LogP contribution in [0.3, 0.4) is 0 Å². The van der Waals surface area contributed by atoms with Crippen LogP contribution in [0.25, 0.3) is 0 Å². The quantitative estimate of drug-likeness (QED) is 0.758. The molecule has 0 aliphatic carbocycles. The van der Waals surface area contributed by atoms with E-state index in [-0.39, 0.29) is 16.7 Å². The number of methoxy groups -OCH3 is 1. The maximum Gasteiger partial charge on any atom is 0.338 e. The first-order valence-electron chi connectivity index (χ1n) is 4.37. The number of rotatable bonds is 2. The van der Waals surface area contributed by atoms with Crippen LogP contribution in [-0.2, 0) is 4.74 Å². The number of nitriles is 1. The van der Waals surface area contributed by atoms with E-state index in [4.69, 9.17) is 10.4 Å². The maximum atomic E-state index is 11.4. The fourth-order valence-corrected chi connectivity index (χ4v) is 1.32. The lowest BCUT2D eigenvalue weighted by Crippen LogP contribution is -2.09.